The maximum Gasteiger partial charge on any atom is 0.0546 e. The first-order chi connectivity index (χ1) is 6.33. The van der Waals surface area contributed by atoms with Crippen LogP contribution in [0.2, 0.25) is 0 Å². The summed E-state index contributed by atoms with van der Waals surface area (Å²) >= 11 is 0. The molecule has 0 heterocycles. The minimum absolute atomic E-state index is 0.00924. The average Bonchev–Trinajstić information content (AvgIpc) is 2.07. The van der Waals surface area contributed by atoms with Crippen LogP contribution in [0.25, 0.3) is 0 Å². The number of aliphatic hydroxyl groups is 1. The predicted molar refractivity (Wildman–Crippen MR) is 54.8 cm³/mol. The van der Waals surface area contributed by atoms with Crippen molar-refractivity contribution in [3.05, 3.63) is 0 Å². The molecule has 0 amide bonds. The molecule has 1 fully saturated rings. The summed E-state index contributed by atoms with van der Waals surface area (Å²) in [5, 5.41) is 15.8. The highest BCUT2D eigenvalue weighted by Crippen LogP contribution is 2.25. The zero-order valence-corrected chi connectivity index (χ0v) is 8.55. The Bertz CT molecular complexity index is 124. The molecule has 1 aliphatic rings. The van der Waals surface area contributed by atoms with Gasteiger partial charge in [0, 0.05) is 13.1 Å². The van der Waals surface area contributed by atoms with Gasteiger partial charge in [0.1, 0.15) is 0 Å². The molecule has 1 saturated carbocycles. The lowest BCUT2D eigenvalue weighted by molar-refractivity contribution is 0.0432. The van der Waals surface area contributed by atoms with Crippen LogP contribution in [-0.2, 0) is 0 Å². The van der Waals surface area contributed by atoms with Gasteiger partial charge in [0.05, 0.1) is 6.10 Å². The van der Waals surface area contributed by atoms with E-state index in [1.807, 2.05) is 0 Å². The molecule has 0 unspecified atom stereocenters. The average molecular weight is 186 g/mol. The molecule has 0 atom stereocenters. The Hall–Kier alpha value is -0.120. The van der Waals surface area contributed by atoms with E-state index < -0.39 is 0 Å². The molecule has 3 N–H and O–H groups in total. The Morgan fingerprint density at radius 3 is 2.46 bits per heavy atom. The molecule has 3 heteroatoms. The van der Waals surface area contributed by atoms with E-state index in [2.05, 4.69) is 17.6 Å². The van der Waals surface area contributed by atoms with Crippen LogP contribution < -0.4 is 10.6 Å². The van der Waals surface area contributed by atoms with Crippen molar-refractivity contribution >= 4 is 0 Å². The molecule has 3 nitrogen and oxygen atoms in total. The fourth-order valence-electron chi connectivity index (χ4n) is 1.65. The second kappa shape index (κ2) is 6.35. The fraction of sp³-hybridized carbons (Fsp3) is 1.00. The molecule has 0 bridgehead atoms. The van der Waals surface area contributed by atoms with Crippen molar-refractivity contribution in [1.82, 2.24) is 10.6 Å². The molecule has 1 aliphatic carbocycles. The zero-order valence-electron chi connectivity index (χ0n) is 8.55. The molecular formula is C10H22N2O. The van der Waals surface area contributed by atoms with E-state index >= 15 is 0 Å². The first kappa shape index (κ1) is 11.0. The molecular weight excluding hydrogens is 164 g/mol. The van der Waals surface area contributed by atoms with Gasteiger partial charge >= 0.3 is 0 Å². The summed E-state index contributed by atoms with van der Waals surface area (Å²) in [5.41, 5.74) is 0. The second-order valence-corrected chi connectivity index (χ2v) is 3.95. The maximum atomic E-state index is 9.05. The molecule has 0 aromatic rings. The minimum Gasteiger partial charge on any atom is -0.393 e. The van der Waals surface area contributed by atoms with Crippen molar-refractivity contribution in [3.8, 4) is 0 Å². The van der Waals surface area contributed by atoms with E-state index in [0.29, 0.717) is 0 Å². The molecule has 0 saturated heterocycles. The van der Waals surface area contributed by atoms with Crippen LogP contribution in [0.5, 0.6) is 0 Å². The molecule has 0 aromatic heterocycles. The van der Waals surface area contributed by atoms with E-state index in [0.717, 1.165) is 44.9 Å². The van der Waals surface area contributed by atoms with Crippen LogP contribution in [0.1, 0.15) is 26.2 Å². The Morgan fingerprint density at radius 2 is 1.85 bits per heavy atom. The highest BCUT2D eigenvalue weighted by atomic mass is 16.3. The maximum absolute atomic E-state index is 9.05. The molecule has 1 rings (SSSR count). The summed E-state index contributed by atoms with van der Waals surface area (Å²) in [6.07, 6.45) is 3.18. The molecule has 0 aromatic carbocycles. The van der Waals surface area contributed by atoms with Gasteiger partial charge in [-0.3, -0.25) is 0 Å². The van der Waals surface area contributed by atoms with Gasteiger partial charge in [-0.2, -0.15) is 0 Å². The quantitative estimate of drug-likeness (QED) is 0.503. The topological polar surface area (TPSA) is 44.3 Å². The number of rotatable bonds is 7. The van der Waals surface area contributed by atoms with Crippen molar-refractivity contribution in [2.45, 2.75) is 32.3 Å². The summed E-state index contributed by atoms with van der Waals surface area (Å²) in [6.45, 7) is 6.47. The van der Waals surface area contributed by atoms with E-state index in [4.69, 9.17) is 5.11 Å². The summed E-state index contributed by atoms with van der Waals surface area (Å²) in [7, 11) is 0. The van der Waals surface area contributed by atoms with Gasteiger partial charge in [-0.25, -0.2) is 0 Å². The van der Waals surface area contributed by atoms with E-state index in [9.17, 15) is 0 Å². The minimum atomic E-state index is -0.00924. The third-order valence-electron chi connectivity index (χ3n) is 2.55. The summed E-state index contributed by atoms with van der Waals surface area (Å²) in [5.74, 6) is 0.723. The number of aliphatic hydroxyl groups excluding tert-OH is 1. The van der Waals surface area contributed by atoms with Gasteiger partial charge < -0.3 is 15.7 Å². The smallest absolute Gasteiger partial charge is 0.0546 e. The third kappa shape index (κ3) is 4.60. The molecule has 78 valence electrons. The lowest BCUT2D eigenvalue weighted by Crippen LogP contribution is -2.38. The standard InChI is InChI=1S/C10H22N2O/c1-2-3-11-4-5-12-8-9-6-10(13)7-9/h9-13H,2-8H2,1H3. The van der Waals surface area contributed by atoms with Gasteiger partial charge in [-0.15, -0.1) is 0 Å². The largest absolute Gasteiger partial charge is 0.393 e. The summed E-state index contributed by atoms with van der Waals surface area (Å²) < 4.78 is 0. The van der Waals surface area contributed by atoms with Crippen LogP contribution in [-0.4, -0.2) is 37.4 Å². The van der Waals surface area contributed by atoms with Gasteiger partial charge in [-0.1, -0.05) is 6.92 Å². The highest BCUT2D eigenvalue weighted by Gasteiger charge is 2.26. The van der Waals surface area contributed by atoms with Gasteiger partial charge in [0.15, 0.2) is 0 Å². The van der Waals surface area contributed by atoms with Crippen molar-refractivity contribution in [2.24, 2.45) is 5.92 Å². The number of hydrogen-bond acceptors (Lipinski definition) is 3. The van der Waals surface area contributed by atoms with E-state index in [1.54, 1.807) is 0 Å². The Morgan fingerprint density at radius 1 is 1.15 bits per heavy atom. The van der Waals surface area contributed by atoms with Crippen LogP contribution >= 0.6 is 0 Å². The third-order valence-corrected chi connectivity index (χ3v) is 2.55. The molecule has 0 aliphatic heterocycles. The zero-order chi connectivity index (χ0) is 9.52. The highest BCUT2D eigenvalue weighted by molar-refractivity contribution is 4.79. The lowest BCUT2D eigenvalue weighted by atomic mass is 9.82. The summed E-state index contributed by atoms with van der Waals surface area (Å²) in [6, 6.07) is 0. The Labute approximate surface area is 80.9 Å². The first-order valence-corrected chi connectivity index (χ1v) is 5.42. The van der Waals surface area contributed by atoms with Crippen molar-refractivity contribution < 1.29 is 5.11 Å². The number of hydrogen-bond donors (Lipinski definition) is 3. The predicted octanol–water partition coefficient (Wildman–Crippen LogP) is 0.346. The monoisotopic (exact) mass is 186 g/mol. The molecule has 13 heavy (non-hydrogen) atoms. The van der Waals surface area contributed by atoms with Crippen LogP contribution in [0.3, 0.4) is 0 Å². The van der Waals surface area contributed by atoms with Gasteiger partial charge in [-0.05, 0) is 38.3 Å². The second-order valence-electron chi connectivity index (χ2n) is 3.95. The van der Waals surface area contributed by atoms with Gasteiger partial charge in [0.25, 0.3) is 0 Å². The van der Waals surface area contributed by atoms with E-state index in [-0.39, 0.29) is 6.10 Å². The Balaban J connectivity index is 1.74. The van der Waals surface area contributed by atoms with Crippen LogP contribution in [0.4, 0.5) is 0 Å². The van der Waals surface area contributed by atoms with Gasteiger partial charge in [0.2, 0.25) is 0 Å². The van der Waals surface area contributed by atoms with Crippen molar-refractivity contribution in [2.75, 3.05) is 26.2 Å². The Kier molecular flexibility index (Phi) is 5.35. The van der Waals surface area contributed by atoms with Crippen LogP contribution in [0, 0.1) is 5.92 Å². The fourth-order valence-corrected chi connectivity index (χ4v) is 1.65. The van der Waals surface area contributed by atoms with Crippen molar-refractivity contribution in [3.63, 3.8) is 0 Å². The SMILES string of the molecule is CCCNCCNCC1CC(O)C1. The number of nitrogens with one attached hydrogen (secondary N) is 2. The normalized spacial score (nSPS) is 27.2. The first-order valence-electron chi connectivity index (χ1n) is 5.42. The summed E-state index contributed by atoms with van der Waals surface area (Å²) in [4.78, 5) is 0. The molecule has 0 spiro atoms. The molecule has 0 radical (unpaired) electrons. The van der Waals surface area contributed by atoms with Crippen molar-refractivity contribution in [1.29, 1.82) is 0 Å². The lowest BCUT2D eigenvalue weighted by Gasteiger charge is -2.31. The van der Waals surface area contributed by atoms with Crippen LogP contribution in [0.15, 0.2) is 0 Å². The van der Waals surface area contributed by atoms with E-state index in [1.165, 1.54) is 6.42 Å².